The van der Waals surface area contributed by atoms with Crippen molar-refractivity contribution in [2.75, 3.05) is 31.1 Å². The van der Waals surface area contributed by atoms with E-state index in [9.17, 15) is 9.18 Å². The number of amides is 1. The molecule has 1 saturated heterocycles. The van der Waals surface area contributed by atoms with Gasteiger partial charge in [-0.3, -0.25) is 4.79 Å². The summed E-state index contributed by atoms with van der Waals surface area (Å²) in [4.78, 5) is 26.9. The summed E-state index contributed by atoms with van der Waals surface area (Å²) < 4.78 is 15.6. The Morgan fingerprint density at radius 1 is 1.00 bits per heavy atom. The Bertz CT molecular complexity index is 1350. The number of benzene rings is 2. The molecule has 2 aromatic carbocycles. The van der Waals surface area contributed by atoms with E-state index in [0.717, 1.165) is 59.9 Å². The van der Waals surface area contributed by atoms with Crippen LogP contribution in [0.25, 0.3) is 16.7 Å². The second kappa shape index (κ2) is 9.82. The van der Waals surface area contributed by atoms with Gasteiger partial charge in [0.15, 0.2) is 5.65 Å². The van der Waals surface area contributed by atoms with Gasteiger partial charge in [0.25, 0.3) is 5.91 Å². The van der Waals surface area contributed by atoms with Gasteiger partial charge < -0.3 is 9.80 Å². The Hall–Kier alpha value is -3.81. The smallest absolute Gasteiger partial charge is 0.254 e. The summed E-state index contributed by atoms with van der Waals surface area (Å²) in [5.74, 6) is 1.13. The first-order chi connectivity index (χ1) is 17.0. The highest BCUT2D eigenvalue weighted by Crippen LogP contribution is 2.30. The third-order valence-corrected chi connectivity index (χ3v) is 6.36. The summed E-state index contributed by atoms with van der Waals surface area (Å²) in [6.45, 7) is 6.66. The van der Waals surface area contributed by atoms with E-state index in [1.807, 2.05) is 41.9 Å². The molecule has 8 heteroatoms. The van der Waals surface area contributed by atoms with E-state index in [-0.39, 0.29) is 5.91 Å². The number of rotatable bonds is 5. The summed E-state index contributed by atoms with van der Waals surface area (Å²) in [5.41, 5.74) is 3.02. The van der Waals surface area contributed by atoms with Crippen LogP contribution in [0.1, 0.15) is 41.6 Å². The molecule has 0 radical (unpaired) electrons. The molecule has 0 atom stereocenters. The molecule has 0 saturated carbocycles. The molecule has 0 N–H and O–H groups in total. The second-order valence-electron chi connectivity index (χ2n) is 8.89. The van der Waals surface area contributed by atoms with Gasteiger partial charge >= 0.3 is 0 Å². The van der Waals surface area contributed by atoms with Crippen LogP contribution < -0.4 is 4.90 Å². The van der Waals surface area contributed by atoms with Crippen LogP contribution in [0.3, 0.4) is 0 Å². The number of anilines is 1. The Morgan fingerprint density at radius 3 is 2.60 bits per heavy atom. The lowest BCUT2D eigenvalue weighted by atomic mass is 10.2. The SMILES string of the molecule is CCCc1nc(N2CCCN(C(=O)c3cccc(F)c3)CC2)c2c(C)nn(-c3ccccc3)c2n1. The molecule has 0 unspecified atom stereocenters. The van der Waals surface area contributed by atoms with Crippen molar-refractivity contribution in [3.63, 3.8) is 0 Å². The van der Waals surface area contributed by atoms with Crippen LogP contribution in [-0.2, 0) is 6.42 Å². The fourth-order valence-electron chi connectivity index (χ4n) is 4.66. The number of carbonyl (C=O) groups is 1. The molecule has 1 amide bonds. The van der Waals surface area contributed by atoms with Gasteiger partial charge in [0.1, 0.15) is 17.5 Å². The fraction of sp³-hybridized carbons (Fsp3) is 0.333. The summed E-state index contributed by atoms with van der Waals surface area (Å²) in [7, 11) is 0. The number of nitrogens with zero attached hydrogens (tertiary/aromatic N) is 6. The van der Waals surface area contributed by atoms with Gasteiger partial charge in [0.05, 0.1) is 16.8 Å². The highest BCUT2D eigenvalue weighted by molar-refractivity contribution is 5.94. The maximum atomic E-state index is 13.7. The number of carbonyl (C=O) groups excluding carboxylic acids is 1. The van der Waals surface area contributed by atoms with Crippen LogP contribution in [0.4, 0.5) is 10.2 Å². The van der Waals surface area contributed by atoms with Crippen molar-refractivity contribution in [3.8, 4) is 5.69 Å². The number of aromatic nitrogens is 4. The van der Waals surface area contributed by atoms with Gasteiger partial charge in [-0.15, -0.1) is 0 Å². The van der Waals surface area contributed by atoms with Gasteiger partial charge in [0.2, 0.25) is 0 Å². The van der Waals surface area contributed by atoms with Crippen LogP contribution >= 0.6 is 0 Å². The molecule has 1 aliphatic heterocycles. The predicted octanol–water partition coefficient (Wildman–Crippen LogP) is 4.57. The summed E-state index contributed by atoms with van der Waals surface area (Å²) in [6.07, 6.45) is 2.51. The first kappa shape index (κ1) is 23.0. The lowest BCUT2D eigenvalue weighted by molar-refractivity contribution is 0.0766. The van der Waals surface area contributed by atoms with E-state index in [4.69, 9.17) is 15.1 Å². The quantitative estimate of drug-likeness (QED) is 0.426. The lowest BCUT2D eigenvalue weighted by Gasteiger charge is -2.24. The Kier molecular flexibility index (Phi) is 6.44. The largest absolute Gasteiger partial charge is 0.354 e. The van der Waals surface area contributed by atoms with E-state index < -0.39 is 5.82 Å². The van der Waals surface area contributed by atoms with Crippen molar-refractivity contribution < 1.29 is 9.18 Å². The van der Waals surface area contributed by atoms with Crippen molar-refractivity contribution in [2.45, 2.75) is 33.1 Å². The minimum absolute atomic E-state index is 0.140. The summed E-state index contributed by atoms with van der Waals surface area (Å²) >= 11 is 0. The van der Waals surface area contributed by atoms with Crippen molar-refractivity contribution in [2.24, 2.45) is 0 Å². The van der Waals surface area contributed by atoms with Crippen LogP contribution in [0, 0.1) is 12.7 Å². The van der Waals surface area contributed by atoms with E-state index in [1.165, 1.54) is 12.1 Å². The van der Waals surface area contributed by atoms with E-state index in [2.05, 4.69) is 11.8 Å². The van der Waals surface area contributed by atoms with Gasteiger partial charge in [0, 0.05) is 38.2 Å². The summed E-state index contributed by atoms with van der Waals surface area (Å²) in [5, 5.41) is 5.76. The minimum atomic E-state index is -0.398. The zero-order valence-electron chi connectivity index (χ0n) is 20.1. The fourth-order valence-corrected chi connectivity index (χ4v) is 4.66. The maximum absolute atomic E-state index is 13.7. The molecular weight excluding hydrogens is 443 g/mol. The highest BCUT2D eigenvalue weighted by atomic mass is 19.1. The Labute approximate surface area is 204 Å². The zero-order valence-corrected chi connectivity index (χ0v) is 20.1. The number of hydrogen-bond acceptors (Lipinski definition) is 5. The average Bonchev–Trinajstić information content (AvgIpc) is 3.04. The third kappa shape index (κ3) is 4.60. The molecule has 7 nitrogen and oxygen atoms in total. The number of fused-ring (bicyclic) bond motifs is 1. The summed E-state index contributed by atoms with van der Waals surface area (Å²) in [6, 6.07) is 15.9. The minimum Gasteiger partial charge on any atom is -0.354 e. The average molecular weight is 473 g/mol. The second-order valence-corrected chi connectivity index (χ2v) is 8.89. The molecule has 180 valence electrons. The predicted molar refractivity (Wildman–Crippen MR) is 135 cm³/mol. The van der Waals surface area contributed by atoms with Crippen molar-refractivity contribution >= 4 is 22.8 Å². The number of hydrogen-bond donors (Lipinski definition) is 0. The van der Waals surface area contributed by atoms with Crippen LogP contribution in [-0.4, -0.2) is 56.7 Å². The Balaban J connectivity index is 1.49. The molecule has 0 bridgehead atoms. The van der Waals surface area contributed by atoms with Gasteiger partial charge in [-0.05, 0) is 50.1 Å². The van der Waals surface area contributed by atoms with E-state index in [0.29, 0.717) is 25.2 Å². The first-order valence-electron chi connectivity index (χ1n) is 12.2. The van der Waals surface area contributed by atoms with E-state index in [1.54, 1.807) is 17.0 Å². The van der Waals surface area contributed by atoms with Crippen LogP contribution in [0.2, 0.25) is 0 Å². The number of halogens is 1. The topological polar surface area (TPSA) is 67.2 Å². The third-order valence-electron chi connectivity index (χ3n) is 6.36. The lowest BCUT2D eigenvalue weighted by Crippen LogP contribution is -2.35. The number of para-hydroxylation sites is 1. The zero-order chi connectivity index (χ0) is 24.4. The highest BCUT2D eigenvalue weighted by Gasteiger charge is 2.25. The van der Waals surface area contributed by atoms with Crippen LogP contribution in [0.5, 0.6) is 0 Å². The number of aryl methyl sites for hydroxylation is 2. The molecule has 2 aromatic heterocycles. The molecular formula is C27H29FN6O. The maximum Gasteiger partial charge on any atom is 0.254 e. The molecule has 0 aliphatic carbocycles. The molecule has 1 aliphatic rings. The van der Waals surface area contributed by atoms with Gasteiger partial charge in [-0.2, -0.15) is 5.10 Å². The molecule has 0 spiro atoms. The molecule has 1 fully saturated rings. The van der Waals surface area contributed by atoms with Crippen molar-refractivity contribution in [1.29, 1.82) is 0 Å². The molecule has 3 heterocycles. The molecule has 35 heavy (non-hydrogen) atoms. The monoisotopic (exact) mass is 472 g/mol. The standard InChI is InChI=1S/C27H29FN6O/c1-3-9-23-29-25(24-19(2)31-34(26(24)30-23)22-12-5-4-6-13-22)32-14-8-15-33(17-16-32)27(35)20-10-7-11-21(28)18-20/h4-7,10-13,18H,3,8-9,14-17H2,1-2H3. The molecule has 4 aromatic rings. The van der Waals surface area contributed by atoms with Crippen molar-refractivity contribution in [3.05, 3.63) is 77.5 Å². The Morgan fingerprint density at radius 2 is 1.83 bits per heavy atom. The first-order valence-corrected chi connectivity index (χ1v) is 12.2. The van der Waals surface area contributed by atoms with E-state index >= 15 is 0 Å². The van der Waals surface area contributed by atoms with Crippen molar-refractivity contribution in [1.82, 2.24) is 24.6 Å². The van der Waals surface area contributed by atoms with Crippen LogP contribution in [0.15, 0.2) is 54.6 Å². The molecule has 5 rings (SSSR count). The van der Waals surface area contributed by atoms with Gasteiger partial charge in [-0.25, -0.2) is 19.0 Å². The van der Waals surface area contributed by atoms with Gasteiger partial charge in [-0.1, -0.05) is 31.2 Å². The normalized spacial score (nSPS) is 14.4.